The molecule has 43 heavy (non-hydrogen) atoms. The third kappa shape index (κ3) is 6.03. The molecule has 0 N–H and O–H groups in total. The minimum Gasteiger partial charge on any atom is -0.499 e. The Hall–Kier alpha value is -4.13. The van der Waals surface area contributed by atoms with Gasteiger partial charge in [-0.15, -0.1) is 4.68 Å². The Labute approximate surface area is 251 Å². The second-order valence-electron chi connectivity index (χ2n) is 12.0. The molecule has 0 spiro atoms. The molecule has 0 atom stereocenters. The molecule has 4 aromatic heterocycles. The Morgan fingerprint density at radius 3 is 2.58 bits per heavy atom. The highest BCUT2D eigenvalue weighted by Gasteiger charge is 2.36. The molecule has 4 aromatic rings. The van der Waals surface area contributed by atoms with Crippen LogP contribution in [0, 0.1) is 10.1 Å². The molecule has 1 saturated carbocycles. The summed E-state index contributed by atoms with van der Waals surface area (Å²) in [5.74, 6) is 1.69. The first-order valence-corrected chi connectivity index (χ1v) is 14.9. The lowest BCUT2D eigenvalue weighted by Gasteiger charge is -2.31. The van der Waals surface area contributed by atoms with E-state index in [1.807, 2.05) is 44.7 Å². The van der Waals surface area contributed by atoms with Gasteiger partial charge in [-0.05, 0) is 50.5 Å². The molecule has 0 amide bonds. The van der Waals surface area contributed by atoms with Crippen LogP contribution in [0.1, 0.15) is 57.2 Å². The SMILES string of the molecule is BC(B)(Oc1cnc2cc(N3CCOCC3)nc(O[C@H]3CC[C@@H](n4ccnc4)CC3)c2c1)c1cnn(C(C)C)c1[N+](=O)[O-]. The van der Waals surface area contributed by atoms with Crippen molar-refractivity contribution >= 4 is 38.2 Å². The number of anilines is 1. The summed E-state index contributed by atoms with van der Waals surface area (Å²) in [6.45, 7) is 6.48. The first-order chi connectivity index (χ1) is 20.7. The fourth-order valence-electron chi connectivity index (χ4n) is 5.96. The van der Waals surface area contributed by atoms with Crippen LogP contribution in [0.5, 0.6) is 11.6 Å². The second-order valence-corrected chi connectivity index (χ2v) is 12.0. The molecule has 0 radical (unpaired) electrons. The molecule has 224 valence electrons. The molecule has 0 aromatic carbocycles. The molecule has 2 fully saturated rings. The number of morpholine rings is 1. The summed E-state index contributed by atoms with van der Waals surface area (Å²) in [4.78, 5) is 27.7. The van der Waals surface area contributed by atoms with E-state index in [9.17, 15) is 10.1 Å². The number of rotatable bonds is 9. The zero-order valence-corrected chi connectivity index (χ0v) is 25.0. The van der Waals surface area contributed by atoms with Gasteiger partial charge in [-0.25, -0.2) is 4.98 Å². The maximum atomic E-state index is 12.0. The predicted octanol–water partition coefficient (Wildman–Crippen LogP) is 2.37. The van der Waals surface area contributed by atoms with Gasteiger partial charge in [0.1, 0.15) is 23.7 Å². The molecule has 15 heteroatoms. The Morgan fingerprint density at radius 2 is 1.91 bits per heavy atom. The van der Waals surface area contributed by atoms with Crippen LogP contribution in [0.3, 0.4) is 0 Å². The fraction of sp³-hybridized carbons (Fsp3) is 0.500. The van der Waals surface area contributed by atoms with E-state index < -0.39 is 10.3 Å². The average molecular weight is 586 g/mol. The van der Waals surface area contributed by atoms with E-state index in [1.54, 1.807) is 21.9 Å². The summed E-state index contributed by atoms with van der Waals surface area (Å²) >= 11 is 0. The first kappa shape index (κ1) is 29.0. The van der Waals surface area contributed by atoms with Crippen molar-refractivity contribution in [1.82, 2.24) is 29.3 Å². The van der Waals surface area contributed by atoms with Gasteiger partial charge >= 0.3 is 5.82 Å². The highest BCUT2D eigenvalue weighted by molar-refractivity contribution is 6.39. The van der Waals surface area contributed by atoms with Crippen molar-refractivity contribution in [1.29, 1.82) is 0 Å². The third-order valence-electron chi connectivity index (χ3n) is 8.26. The average Bonchev–Trinajstić information content (AvgIpc) is 3.70. The Kier molecular flexibility index (Phi) is 7.99. The van der Waals surface area contributed by atoms with Crippen molar-refractivity contribution < 1.29 is 19.1 Å². The molecule has 2 aliphatic rings. The lowest BCUT2D eigenvalue weighted by molar-refractivity contribution is -0.394. The van der Waals surface area contributed by atoms with Crippen LogP contribution in [0.4, 0.5) is 11.6 Å². The Morgan fingerprint density at radius 1 is 1.14 bits per heavy atom. The van der Waals surface area contributed by atoms with E-state index in [4.69, 9.17) is 24.2 Å². The third-order valence-corrected chi connectivity index (χ3v) is 8.26. The molecule has 0 bridgehead atoms. The van der Waals surface area contributed by atoms with Crippen LogP contribution in [-0.2, 0) is 10.1 Å². The fourth-order valence-corrected chi connectivity index (χ4v) is 5.96. The maximum Gasteiger partial charge on any atom is 0.350 e. The normalized spacial score (nSPS) is 19.6. The van der Waals surface area contributed by atoms with Crippen LogP contribution in [0.25, 0.3) is 10.9 Å². The molecule has 1 aliphatic carbocycles. The Balaban J connectivity index is 1.30. The quantitative estimate of drug-likeness (QED) is 0.163. The van der Waals surface area contributed by atoms with Crippen molar-refractivity contribution in [3.8, 4) is 11.6 Å². The minimum absolute atomic E-state index is 0.0148. The van der Waals surface area contributed by atoms with Gasteiger partial charge in [0.15, 0.2) is 15.7 Å². The lowest BCUT2D eigenvalue weighted by Crippen LogP contribution is -2.37. The molecular formula is C28H36B2N8O5. The number of hydrogen-bond acceptors (Lipinski definition) is 10. The maximum absolute atomic E-state index is 12.0. The van der Waals surface area contributed by atoms with Gasteiger partial charge in [0.25, 0.3) is 0 Å². The van der Waals surface area contributed by atoms with Crippen molar-refractivity contribution in [2.45, 2.75) is 63.1 Å². The van der Waals surface area contributed by atoms with E-state index in [0.29, 0.717) is 36.4 Å². The number of nitrogens with zero attached hydrogens (tertiary/aromatic N) is 8. The highest BCUT2D eigenvalue weighted by atomic mass is 16.6. The molecule has 1 saturated heterocycles. The topological polar surface area (TPSA) is 135 Å². The summed E-state index contributed by atoms with van der Waals surface area (Å²) in [6, 6.07) is 4.08. The lowest BCUT2D eigenvalue weighted by atomic mass is 9.61. The van der Waals surface area contributed by atoms with Crippen molar-refractivity contribution in [3.63, 3.8) is 0 Å². The van der Waals surface area contributed by atoms with E-state index in [0.717, 1.165) is 55.5 Å². The minimum atomic E-state index is -1.06. The van der Waals surface area contributed by atoms with Gasteiger partial charge in [0.05, 0.1) is 53.8 Å². The molecule has 13 nitrogen and oxygen atoms in total. The van der Waals surface area contributed by atoms with Crippen LogP contribution in [-0.4, -0.2) is 82.3 Å². The zero-order chi connectivity index (χ0) is 30.1. The molecule has 6 rings (SSSR count). The van der Waals surface area contributed by atoms with Gasteiger partial charge in [-0.2, -0.15) is 4.98 Å². The zero-order valence-electron chi connectivity index (χ0n) is 25.0. The highest BCUT2D eigenvalue weighted by Crippen LogP contribution is 2.37. The molecular weight excluding hydrogens is 550 g/mol. The smallest absolute Gasteiger partial charge is 0.350 e. The first-order valence-electron chi connectivity index (χ1n) is 14.9. The summed E-state index contributed by atoms with van der Waals surface area (Å²) in [5.41, 5.74) is 1.13. The van der Waals surface area contributed by atoms with Crippen LogP contribution in [0.15, 0.2) is 43.2 Å². The number of imidazole rings is 1. The van der Waals surface area contributed by atoms with Crippen LogP contribution < -0.4 is 14.4 Å². The summed E-state index contributed by atoms with van der Waals surface area (Å²) in [5, 5.41) is 16.0. The van der Waals surface area contributed by atoms with Gasteiger partial charge in [0.2, 0.25) is 5.88 Å². The number of nitro groups is 1. The summed E-state index contributed by atoms with van der Waals surface area (Å²) in [7, 11) is 3.59. The van der Waals surface area contributed by atoms with E-state index >= 15 is 0 Å². The molecule has 0 unspecified atom stereocenters. The number of pyridine rings is 2. The van der Waals surface area contributed by atoms with Crippen molar-refractivity contribution in [2.24, 2.45) is 0 Å². The number of hydrogen-bond donors (Lipinski definition) is 0. The van der Waals surface area contributed by atoms with Gasteiger partial charge < -0.3 is 33.8 Å². The number of ether oxygens (including phenoxy) is 3. The van der Waals surface area contributed by atoms with Crippen LogP contribution >= 0.6 is 0 Å². The molecule has 5 heterocycles. The van der Waals surface area contributed by atoms with Crippen molar-refractivity contribution in [3.05, 3.63) is 58.9 Å². The number of fused-ring (bicyclic) bond motifs is 1. The van der Waals surface area contributed by atoms with Crippen LogP contribution in [0.2, 0.25) is 0 Å². The summed E-state index contributed by atoms with van der Waals surface area (Å²) in [6.07, 6.45) is 12.7. The monoisotopic (exact) mass is 586 g/mol. The van der Waals surface area contributed by atoms with Gasteiger partial charge in [0, 0.05) is 37.6 Å². The standard InChI is InChI=1S/C28H36B2N8O5/c1-18(2)37-27(38(39)40)23(16-33-37)28(29,30)43-21-13-22-24(32-15-21)14-25(35-9-11-41-12-10-35)34-26(22)42-20-5-3-19(4-6-20)36-8-7-31-17-36/h7-8,13-20H,3-6,9-12,29-30H2,1-2H3/t19-,20+. The molecule has 1 aliphatic heterocycles. The van der Waals surface area contributed by atoms with Gasteiger partial charge in [-0.1, -0.05) is 5.10 Å². The number of aromatic nitrogens is 6. The largest absolute Gasteiger partial charge is 0.499 e. The van der Waals surface area contributed by atoms with E-state index in [2.05, 4.69) is 19.5 Å². The van der Waals surface area contributed by atoms with E-state index in [-0.39, 0.29) is 18.0 Å². The predicted molar refractivity (Wildman–Crippen MR) is 165 cm³/mol. The second kappa shape index (κ2) is 11.9. The van der Waals surface area contributed by atoms with Gasteiger partial charge in [-0.3, -0.25) is 4.98 Å². The Bertz CT molecular complexity index is 1580. The van der Waals surface area contributed by atoms with Crippen molar-refractivity contribution in [2.75, 3.05) is 31.2 Å². The summed E-state index contributed by atoms with van der Waals surface area (Å²) < 4.78 is 22.1. The van der Waals surface area contributed by atoms with E-state index in [1.165, 1.54) is 10.9 Å².